The SMILES string of the molecule is CC1(C)O[C@@H]2C[C@H]3[C@@H]4C[C@H](F)C5=CC(=O)C=C[C@]5(C)C4[C@@H](O)C[C@]3(C)[C@]2(C(=O)CO)O1. The molecule has 4 aliphatic carbocycles. The third kappa shape index (κ3) is 2.52. The summed E-state index contributed by atoms with van der Waals surface area (Å²) in [5, 5.41) is 21.3. The van der Waals surface area contributed by atoms with Gasteiger partial charge in [0, 0.05) is 16.7 Å². The molecule has 1 unspecified atom stereocenters. The smallest absolute Gasteiger partial charge is 0.193 e. The molecule has 3 saturated carbocycles. The first-order valence-electron chi connectivity index (χ1n) is 11.2. The molecule has 9 atom stereocenters. The Bertz CT molecular complexity index is 910. The summed E-state index contributed by atoms with van der Waals surface area (Å²) in [6.45, 7) is 6.65. The predicted molar refractivity (Wildman–Crippen MR) is 109 cm³/mol. The van der Waals surface area contributed by atoms with E-state index in [4.69, 9.17) is 9.47 Å². The maximum absolute atomic E-state index is 15.4. The second kappa shape index (κ2) is 6.34. The molecular weight excluding hydrogens is 403 g/mol. The molecule has 1 aliphatic heterocycles. The number of hydrogen-bond acceptors (Lipinski definition) is 6. The average molecular weight is 435 g/mol. The van der Waals surface area contributed by atoms with Crippen molar-refractivity contribution in [2.45, 2.75) is 76.7 Å². The molecular formula is C24H31FO6. The van der Waals surface area contributed by atoms with Gasteiger partial charge in [-0.25, -0.2) is 4.39 Å². The summed E-state index contributed by atoms with van der Waals surface area (Å²) < 4.78 is 27.9. The summed E-state index contributed by atoms with van der Waals surface area (Å²) in [5.74, 6) is -2.28. The third-order valence-corrected chi connectivity index (χ3v) is 9.03. The average Bonchev–Trinajstić information content (AvgIpc) is 3.08. The van der Waals surface area contributed by atoms with Crippen LogP contribution in [-0.4, -0.2) is 58.2 Å². The van der Waals surface area contributed by atoms with Gasteiger partial charge in [0.2, 0.25) is 0 Å². The zero-order valence-electron chi connectivity index (χ0n) is 18.4. The number of aliphatic hydroxyl groups excluding tert-OH is 2. The van der Waals surface area contributed by atoms with E-state index in [0.717, 1.165) is 0 Å². The molecule has 0 aromatic heterocycles. The number of allylic oxidation sites excluding steroid dienone is 4. The number of carbonyl (C=O) groups is 2. The zero-order valence-corrected chi connectivity index (χ0v) is 18.4. The fourth-order valence-corrected chi connectivity index (χ4v) is 8.05. The maximum atomic E-state index is 15.4. The van der Waals surface area contributed by atoms with Gasteiger partial charge in [0.1, 0.15) is 12.8 Å². The van der Waals surface area contributed by atoms with Gasteiger partial charge in [-0.05, 0) is 62.7 Å². The highest BCUT2D eigenvalue weighted by atomic mass is 19.1. The molecule has 170 valence electrons. The van der Waals surface area contributed by atoms with Crippen LogP contribution in [0.5, 0.6) is 0 Å². The summed E-state index contributed by atoms with van der Waals surface area (Å²) in [5.41, 5.74) is -2.50. The van der Waals surface area contributed by atoms with E-state index in [-0.39, 0.29) is 36.4 Å². The van der Waals surface area contributed by atoms with E-state index in [1.165, 1.54) is 12.2 Å². The van der Waals surface area contributed by atoms with E-state index in [9.17, 15) is 19.8 Å². The van der Waals surface area contributed by atoms with Crippen molar-refractivity contribution >= 4 is 11.6 Å². The van der Waals surface area contributed by atoms with Crippen molar-refractivity contribution in [3.05, 3.63) is 23.8 Å². The van der Waals surface area contributed by atoms with E-state index >= 15 is 4.39 Å². The molecule has 4 fully saturated rings. The van der Waals surface area contributed by atoms with E-state index in [1.807, 2.05) is 13.8 Å². The maximum Gasteiger partial charge on any atom is 0.193 e. The fourth-order valence-electron chi connectivity index (χ4n) is 8.05. The molecule has 5 aliphatic rings. The molecule has 31 heavy (non-hydrogen) atoms. The standard InChI is InChI=1S/C24H31FO6/c1-21(2)30-19-9-14-13-8-16(25)15-7-12(27)5-6-22(15,3)20(13)17(28)10-23(14,4)24(19,31-21)18(29)11-26/h5-7,13-14,16-17,19-20,26,28H,8-11H2,1-4H3/t13-,14-,16-,17-,19+,20?,22-,23-,24+/m0/s1. The van der Waals surface area contributed by atoms with E-state index < -0.39 is 53.0 Å². The summed E-state index contributed by atoms with van der Waals surface area (Å²) in [7, 11) is 0. The minimum atomic E-state index is -1.37. The Morgan fingerprint density at radius 1 is 1.26 bits per heavy atom. The Morgan fingerprint density at radius 3 is 2.65 bits per heavy atom. The van der Waals surface area contributed by atoms with Crippen LogP contribution in [0.3, 0.4) is 0 Å². The largest absolute Gasteiger partial charge is 0.393 e. The molecule has 0 spiro atoms. The van der Waals surface area contributed by atoms with E-state index in [1.54, 1.807) is 19.9 Å². The Kier molecular flexibility index (Phi) is 4.38. The Morgan fingerprint density at radius 2 is 1.97 bits per heavy atom. The highest BCUT2D eigenvalue weighted by Gasteiger charge is 2.77. The van der Waals surface area contributed by atoms with Gasteiger partial charge in [-0.15, -0.1) is 0 Å². The number of ether oxygens (including phenoxy) is 2. The number of alkyl halides is 1. The second-order valence-corrected chi connectivity index (χ2v) is 11.0. The van der Waals surface area contributed by atoms with Gasteiger partial charge in [0.05, 0.1) is 12.2 Å². The summed E-state index contributed by atoms with van der Waals surface area (Å²) >= 11 is 0. The van der Waals surface area contributed by atoms with Crippen LogP contribution in [0, 0.1) is 28.6 Å². The van der Waals surface area contributed by atoms with Gasteiger partial charge >= 0.3 is 0 Å². The molecule has 7 heteroatoms. The van der Waals surface area contributed by atoms with Crippen molar-refractivity contribution < 1.29 is 33.7 Å². The van der Waals surface area contributed by atoms with Crippen molar-refractivity contribution in [3.8, 4) is 0 Å². The van der Waals surface area contributed by atoms with Crippen molar-refractivity contribution in [2.75, 3.05) is 6.61 Å². The first kappa shape index (κ1) is 21.4. The van der Waals surface area contributed by atoms with E-state index in [2.05, 4.69) is 0 Å². The number of carbonyl (C=O) groups excluding carboxylic acids is 2. The lowest BCUT2D eigenvalue weighted by Crippen LogP contribution is -2.64. The van der Waals surface area contributed by atoms with Crippen LogP contribution in [0.15, 0.2) is 23.8 Å². The molecule has 1 heterocycles. The van der Waals surface area contributed by atoms with Crippen molar-refractivity contribution in [1.29, 1.82) is 0 Å². The first-order valence-corrected chi connectivity index (χ1v) is 11.2. The van der Waals surface area contributed by atoms with Crippen LogP contribution in [-0.2, 0) is 19.1 Å². The highest BCUT2D eigenvalue weighted by molar-refractivity contribution is 6.01. The second-order valence-electron chi connectivity index (χ2n) is 11.0. The lowest BCUT2D eigenvalue weighted by atomic mass is 9.46. The van der Waals surface area contributed by atoms with Gasteiger partial charge in [-0.1, -0.05) is 19.9 Å². The highest BCUT2D eigenvalue weighted by Crippen LogP contribution is 2.70. The number of halogens is 1. The van der Waals surface area contributed by atoms with Crippen LogP contribution < -0.4 is 0 Å². The number of hydrogen-bond donors (Lipinski definition) is 2. The van der Waals surface area contributed by atoms with Gasteiger partial charge in [0.15, 0.2) is 23.0 Å². The number of Topliss-reactive ketones (excluding diaryl/α,β-unsaturated/α-hetero) is 1. The quantitative estimate of drug-likeness (QED) is 0.693. The summed E-state index contributed by atoms with van der Waals surface area (Å²) in [6, 6.07) is 0. The molecule has 5 rings (SSSR count). The van der Waals surface area contributed by atoms with Crippen LogP contribution in [0.2, 0.25) is 0 Å². The number of rotatable bonds is 2. The molecule has 1 saturated heterocycles. The molecule has 0 bridgehead atoms. The number of aliphatic hydroxyl groups is 2. The fraction of sp³-hybridized carbons (Fsp3) is 0.750. The molecule has 0 aromatic rings. The normalized spacial score (nSPS) is 52.1. The minimum Gasteiger partial charge on any atom is -0.393 e. The topological polar surface area (TPSA) is 93.1 Å². The minimum absolute atomic E-state index is 0.125. The van der Waals surface area contributed by atoms with Crippen LogP contribution in [0.4, 0.5) is 4.39 Å². The summed E-state index contributed by atoms with van der Waals surface area (Å²) in [4.78, 5) is 25.1. The van der Waals surface area contributed by atoms with Gasteiger partial charge in [-0.3, -0.25) is 9.59 Å². The van der Waals surface area contributed by atoms with Crippen LogP contribution >= 0.6 is 0 Å². The molecule has 0 aromatic carbocycles. The molecule has 0 amide bonds. The zero-order chi connectivity index (χ0) is 22.6. The van der Waals surface area contributed by atoms with E-state index in [0.29, 0.717) is 12.0 Å². The molecule has 6 nitrogen and oxygen atoms in total. The molecule has 0 radical (unpaired) electrons. The Labute approximate surface area is 181 Å². The van der Waals surface area contributed by atoms with Crippen LogP contribution in [0.1, 0.15) is 47.0 Å². The molecule has 2 N–H and O–H groups in total. The van der Waals surface area contributed by atoms with Crippen LogP contribution in [0.25, 0.3) is 0 Å². The van der Waals surface area contributed by atoms with Crippen molar-refractivity contribution in [3.63, 3.8) is 0 Å². The predicted octanol–water partition coefficient (Wildman–Crippen LogP) is 2.27. The number of ketones is 2. The van der Waals surface area contributed by atoms with Crippen molar-refractivity contribution in [1.82, 2.24) is 0 Å². The number of fused-ring (bicyclic) bond motifs is 7. The lowest BCUT2D eigenvalue weighted by Gasteiger charge is -2.60. The van der Waals surface area contributed by atoms with Gasteiger partial charge < -0.3 is 19.7 Å². The van der Waals surface area contributed by atoms with Gasteiger partial charge in [0.25, 0.3) is 0 Å². The lowest BCUT2D eigenvalue weighted by molar-refractivity contribution is -0.226. The van der Waals surface area contributed by atoms with Crippen molar-refractivity contribution in [2.24, 2.45) is 28.6 Å². The third-order valence-electron chi connectivity index (χ3n) is 9.03. The van der Waals surface area contributed by atoms with Gasteiger partial charge in [-0.2, -0.15) is 0 Å². The summed E-state index contributed by atoms with van der Waals surface area (Å²) in [6.07, 6.45) is 2.90. The Balaban J connectivity index is 1.62. The monoisotopic (exact) mass is 434 g/mol. The Hall–Kier alpha value is -1.41. The first-order chi connectivity index (χ1) is 14.4.